The molecule has 8 heteroatoms. The molecule has 1 amide bonds. The summed E-state index contributed by atoms with van der Waals surface area (Å²) in [6.45, 7) is -0.435. The predicted octanol–water partition coefficient (Wildman–Crippen LogP) is 1.31. The third-order valence-corrected chi connectivity index (χ3v) is 5.74. The van der Waals surface area contributed by atoms with Gasteiger partial charge in [-0.3, -0.25) is 4.79 Å². The van der Waals surface area contributed by atoms with Crippen LogP contribution in [-0.2, 0) is 24.2 Å². The van der Waals surface area contributed by atoms with E-state index in [2.05, 4.69) is 21.2 Å². The number of amides is 1. The maximum Gasteiger partial charge on any atom is 0.331 e. The lowest BCUT2D eigenvalue weighted by molar-refractivity contribution is -0.143. The van der Waals surface area contributed by atoms with Gasteiger partial charge in [0.05, 0.1) is 11.5 Å². The number of hydrogen-bond donors (Lipinski definition) is 1. The van der Waals surface area contributed by atoms with Crippen molar-refractivity contribution in [2.45, 2.75) is 12.5 Å². The van der Waals surface area contributed by atoms with E-state index in [9.17, 15) is 18.0 Å². The van der Waals surface area contributed by atoms with Gasteiger partial charge in [-0.15, -0.1) is 0 Å². The highest BCUT2D eigenvalue weighted by Gasteiger charge is 2.28. The van der Waals surface area contributed by atoms with Crippen molar-refractivity contribution in [2.75, 3.05) is 18.1 Å². The molecule has 1 atom stereocenters. The highest BCUT2D eigenvalue weighted by Crippen LogP contribution is 2.17. The molecule has 0 aromatic heterocycles. The number of hydrogen-bond acceptors (Lipinski definition) is 5. The van der Waals surface area contributed by atoms with E-state index in [1.165, 1.54) is 6.08 Å². The van der Waals surface area contributed by atoms with Crippen molar-refractivity contribution in [3.63, 3.8) is 0 Å². The van der Waals surface area contributed by atoms with E-state index in [0.29, 0.717) is 6.42 Å². The Kier molecular flexibility index (Phi) is 5.95. The number of sulfone groups is 1. The summed E-state index contributed by atoms with van der Waals surface area (Å²) in [5.41, 5.74) is 0.810. The summed E-state index contributed by atoms with van der Waals surface area (Å²) in [5, 5.41) is 2.55. The lowest BCUT2D eigenvalue weighted by atomic mass is 10.2. The Hall–Kier alpha value is -1.67. The van der Waals surface area contributed by atoms with Gasteiger partial charge in [-0.05, 0) is 24.1 Å². The summed E-state index contributed by atoms with van der Waals surface area (Å²) >= 11 is 3.35. The van der Waals surface area contributed by atoms with Crippen LogP contribution in [0.3, 0.4) is 0 Å². The van der Waals surface area contributed by atoms with Crippen molar-refractivity contribution in [1.29, 1.82) is 0 Å². The third-order valence-electron chi connectivity index (χ3n) is 3.25. The third kappa shape index (κ3) is 5.80. The molecule has 1 fully saturated rings. The average molecular weight is 402 g/mol. The molecule has 1 N–H and O–H groups in total. The Morgan fingerprint density at radius 2 is 2.09 bits per heavy atom. The molecule has 1 heterocycles. The molecule has 0 saturated carbocycles. The summed E-state index contributed by atoms with van der Waals surface area (Å²) in [5.74, 6) is -1.13. The molecule has 1 aromatic carbocycles. The first-order chi connectivity index (χ1) is 10.9. The number of benzene rings is 1. The Morgan fingerprint density at radius 1 is 1.35 bits per heavy atom. The van der Waals surface area contributed by atoms with Crippen LogP contribution < -0.4 is 5.32 Å². The van der Waals surface area contributed by atoms with Gasteiger partial charge in [0.25, 0.3) is 5.91 Å². The molecule has 0 bridgehead atoms. The van der Waals surface area contributed by atoms with Crippen molar-refractivity contribution < 1.29 is 22.7 Å². The molecule has 0 aliphatic carbocycles. The van der Waals surface area contributed by atoms with Gasteiger partial charge in [-0.1, -0.05) is 34.1 Å². The second kappa shape index (κ2) is 7.74. The lowest BCUT2D eigenvalue weighted by Crippen LogP contribution is -2.38. The topological polar surface area (TPSA) is 89.5 Å². The Morgan fingerprint density at radius 3 is 2.74 bits per heavy atom. The predicted molar refractivity (Wildman–Crippen MR) is 89.3 cm³/mol. The van der Waals surface area contributed by atoms with E-state index in [0.717, 1.165) is 10.0 Å². The van der Waals surface area contributed by atoms with E-state index in [1.807, 2.05) is 24.3 Å². The lowest BCUT2D eigenvalue weighted by Gasteiger charge is -2.10. The van der Waals surface area contributed by atoms with Crippen LogP contribution in [0.2, 0.25) is 0 Å². The normalized spacial score (nSPS) is 19.6. The molecule has 1 aromatic rings. The monoisotopic (exact) mass is 401 g/mol. The van der Waals surface area contributed by atoms with Crippen LogP contribution in [0.15, 0.2) is 34.8 Å². The van der Waals surface area contributed by atoms with E-state index in [1.54, 1.807) is 6.08 Å². The van der Waals surface area contributed by atoms with Crippen molar-refractivity contribution in [3.05, 3.63) is 40.4 Å². The number of esters is 1. The number of rotatable bonds is 5. The standard InChI is InChI=1S/C15H16BrNO5S/c16-13-4-2-1-3-11(13)5-6-15(19)22-9-14(18)17-12-7-8-23(20,21)10-12/h1-6,12H,7-10H2,(H,17,18)/b6-5+/t12-/m0/s1. The Labute approximate surface area is 142 Å². The molecule has 1 aliphatic heterocycles. The summed E-state index contributed by atoms with van der Waals surface area (Å²) in [6.07, 6.45) is 3.20. The van der Waals surface area contributed by atoms with Crippen molar-refractivity contribution >= 4 is 43.7 Å². The van der Waals surface area contributed by atoms with E-state index >= 15 is 0 Å². The smallest absolute Gasteiger partial charge is 0.331 e. The molecular weight excluding hydrogens is 386 g/mol. The molecular formula is C15H16BrNO5S. The summed E-state index contributed by atoms with van der Waals surface area (Å²) in [7, 11) is -3.05. The number of carbonyl (C=O) groups is 2. The molecule has 6 nitrogen and oxygen atoms in total. The maximum atomic E-state index is 11.6. The number of nitrogens with one attached hydrogen (secondary N) is 1. The molecule has 124 valence electrons. The highest BCUT2D eigenvalue weighted by atomic mass is 79.9. The van der Waals surface area contributed by atoms with Crippen LogP contribution in [0.25, 0.3) is 6.08 Å². The Bertz CT molecular complexity index is 729. The molecule has 1 aliphatic rings. The first-order valence-corrected chi connectivity index (χ1v) is 9.56. The second-order valence-corrected chi connectivity index (χ2v) is 8.21. The Balaban J connectivity index is 1.76. The maximum absolute atomic E-state index is 11.6. The van der Waals surface area contributed by atoms with Crippen molar-refractivity contribution in [1.82, 2.24) is 5.32 Å². The van der Waals surface area contributed by atoms with Crippen LogP contribution in [0.5, 0.6) is 0 Å². The van der Waals surface area contributed by atoms with Crippen LogP contribution in [0.1, 0.15) is 12.0 Å². The SMILES string of the molecule is O=C(COC(=O)/C=C/c1ccccc1Br)N[C@H]1CCS(=O)(=O)C1. The van der Waals surface area contributed by atoms with Crippen LogP contribution in [0, 0.1) is 0 Å². The molecule has 1 saturated heterocycles. The minimum atomic E-state index is -3.05. The van der Waals surface area contributed by atoms with Crippen LogP contribution in [-0.4, -0.2) is 44.4 Å². The first kappa shape index (κ1) is 17.7. The zero-order valence-corrected chi connectivity index (χ0v) is 14.6. The minimum absolute atomic E-state index is 0.0609. The van der Waals surface area contributed by atoms with Crippen LogP contribution in [0.4, 0.5) is 0 Å². The largest absolute Gasteiger partial charge is 0.452 e. The minimum Gasteiger partial charge on any atom is -0.452 e. The van der Waals surface area contributed by atoms with E-state index in [4.69, 9.17) is 4.74 Å². The highest BCUT2D eigenvalue weighted by molar-refractivity contribution is 9.10. The van der Waals surface area contributed by atoms with E-state index in [-0.39, 0.29) is 11.5 Å². The number of carbonyl (C=O) groups excluding carboxylic acids is 2. The first-order valence-electron chi connectivity index (χ1n) is 6.95. The average Bonchev–Trinajstić information content (AvgIpc) is 2.83. The quantitative estimate of drug-likeness (QED) is 0.593. The zero-order valence-electron chi connectivity index (χ0n) is 12.2. The summed E-state index contributed by atoms with van der Waals surface area (Å²) < 4.78 is 28.2. The molecule has 0 radical (unpaired) electrons. The van der Waals surface area contributed by atoms with Crippen molar-refractivity contribution in [2.24, 2.45) is 0 Å². The van der Waals surface area contributed by atoms with Gasteiger partial charge in [-0.2, -0.15) is 0 Å². The van der Waals surface area contributed by atoms with Gasteiger partial charge in [0.1, 0.15) is 0 Å². The van der Waals surface area contributed by atoms with Gasteiger partial charge in [0, 0.05) is 16.6 Å². The summed E-state index contributed by atoms with van der Waals surface area (Å²) in [6, 6.07) is 6.95. The van der Waals surface area contributed by atoms with E-state index < -0.39 is 34.4 Å². The zero-order chi connectivity index (χ0) is 16.9. The number of ether oxygens (including phenoxy) is 1. The fourth-order valence-electron chi connectivity index (χ4n) is 2.13. The molecule has 0 spiro atoms. The summed E-state index contributed by atoms with van der Waals surface area (Å²) in [4.78, 5) is 23.2. The van der Waals surface area contributed by atoms with Crippen molar-refractivity contribution in [3.8, 4) is 0 Å². The van der Waals surface area contributed by atoms with Gasteiger partial charge < -0.3 is 10.1 Å². The fourth-order valence-corrected chi connectivity index (χ4v) is 4.22. The van der Waals surface area contributed by atoms with Gasteiger partial charge in [0.15, 0.2) is 16.4 Å². The molecule has 23 heavy (non-hydrogen) atoms. The number of halogens is 1. The molecule has 2 rings (SSSR count). The molecule has 0 unspecified atom stereocenters. The second-order valence-electron chi connectivity index (χ2n) is 5.13. The van der Waals surface area contributed by atoms with Gasteiger partial charge >= 0.3 is 5.97 Å². The van der Waals surface area contributed by atoms with Gasteiger partial charge in [-0.25, -0.2) is 13.2 Å². The fraction of sp³-hybridized carbons (Fsp3) is 0.333. The van der Waals surface area contributed by atoms with Gasteiger partial charge in [0.2, 0.25) is 0 Å². The van der Waals surface area contributed by atoms with Crippen LogP contribution >= 0.6 is 15.9 Å².